The van der Waals surface area contributed by atoms with Gasteiger partial charge in [0.25, 0.3) is 0 Å². The number of hydrogen-bond acceptors (Lipinski definition) is 5. The maximum Gasteiger partial charge on any atom is 0.311 e. The first-order chi connectivity index (χ1) is 10.0. The maximum atomic E-state index is 11.2. The van der Waals surface area contributed by atoms with E-state index in [1.54, 1.807) is 0 Å². The number of nitrogen functional groups attached to an aromatic ring is 1. The molecule has 0 unspecified atom stereocenters. The number of hydrogen-bond donors (Lipinski definition) is 2. The average molecular weight is 288 g/mol. The van der Waals surface area contributed by atoms with Gasteiger partial charge in [-0.15, -0.1) is 0 Å². The van der Waals surface area contributed by atoms with Crippen LogP contribution in [0.5, 0.6) is 0 Å². The predicted molar refractivity (Wildman–Crippen MR) is 79.8 cm³/mol. The van der Waals surface area contributed by atoms with Gasteiger partial charge in [0.2, 0.25) is 5.82 Å². The van der Waals surface area contributed by atoms with Crippen molar-refractivity contribution in [3.8, 4) is 0 Å². The van der Waals surface area contributed by atoms with E-state index in [-0.39, 0.29) is 16.1 Å². The summed E-state index contributed by atoms with van der Waals surface area (Å²) >= 11 is 0. The van der Waals surface area contributed by atoms with E-state index >= 15 is 0 Å². The molecule has 1 aromatic rings. The first-order valence-electron chi connectivity index (χ1n) is 7.72. The molecule has 0 saturated heterocycles. The number of aromatic nitrogens is 1. The van der Waals surface area contributed by atoms with Gasteiger partial charge < -0.3 is 11.1 Å². The molecule has 6 nitrogen and oxygen atoms in total. The Labute approximate surface area is 123 Å². The molecule has 5 rings (SSSR count). The highest BCUT2D eigenvalue weighted by Crippen LogP contribution is 2.56. The summed E-state index contributed by atoms with van der Waals surface area (Å²) in [5, 5.41) is 14.6. The highest BCUT2D eigenvalue weighted by molar-refractivity contribution is 5.60. The zero-order chi connectivity index (χ0) is 14.6. The molecule has 4 bridgehead atoms. The van der Waals surface area contributed by atoms with Gasteiger partial charge in [-0.3, -0.25) is 10.1 Å². The van der Waals surface area contributed by atoms with Crippen LogP contribution in [0.2, 0.25) is 0 Å². The van der Waals surface area contributed by atoms with Crippen molar-refractivity contribution in [1.29, 1.82) is 0 Å². The molecule has 0 aliphatic heterocycles. The smallest absolute Gasteiger partial charge is 0.311 e. The lowest BCUT2D eigenvalue weighted by Gasteiger charge is -2.57. The molecule has 112 valence electrons. The number of anilines is 2. The summed E-state index contributed by atoms with van der Waals surface area (Å²) in [5.41, 5.74) is 5.75. The van der Waals surface area contributed by atoms with Crippen molar-refractivity contribution < 1.29 is 4.92 Å². The van der Waals surface area contributed by atoms with E-state index in [0.717, 1.165) is 37.0 Å². The van der Waals surface area contributed by atoms with E-state index in [0.29, 0.717) is 11.6 Å². The SMILES string of the molecule is Nc1ccc([N+](=O)[O-])c(NC23CC4CC(CC(C4)C2)C3)n1. The second-order valence-electron chi connectivity index (χ2n) is 7.18. The van der Waals surface area contributed by atoms with Crippen LogP contribution in [0.15, 0.2) is 12.1 Å². The van der Waals surface area contributed by atoms with Crippen LogP contribution in [0.1, 0.15) is 38.5 Å². The first kappa shape index (κ1) is 12.9. The minimum atomic E-state index is -0.380. The number of pyridine rings is 1. The topological polar surface area (TPSA) is 94.1 Å². The molecule has 21 heavy (non-hydrogen) atoms. The van der Waals surface area contributed by atoms with Crippen molar-refractivity contribution in [2.75, 3.05) is 11.1 Å². The van der Waals surface area contributed by atoms with Gasteiger partial charge in [0, 0.05) is 11.6 Å². The molecule has 0 amide bonds. The Hall–Kier alpha value is -1.85. The minimum absolute atomic E-state index is 0.000301. The molecule has 0 radical (unpaired) electrons. The Morgan fingerprint density at radius 3 is 2.29 bits per heavy atom. The molecule has 1 aromatic heterocycles. The second kappa shape index (κ2) is 4.32. The van der Waals surface area contributed by atoms with Crippen molar-refractivity contribution in [3.63, 3.8) is 0 Å². The fourth-order valence-electron chi connectivity index (χ4n) is 5.22. The molecule has 4 aliphatic rings. The van der Waals surface area contributed by atoms with Crippen LogP contribution < -0.4 is 11.1 Å². The van der Waals surface area contributed by atoms with Gasteiger partial charge in [-0.25, -0.2) is 4.98 Å². The lowest BCUT2D eigenvalue weighted by atomic mass is 9.53. The summed E-state index contributed by atoms with van der Waals surface area (Å²) in [7, 11) is 0. The van der Waals surface area contributed by atoms with Gasteiger partial charge in [0.15, 0.2) is 0 Å². The van der Waals surface area contributed by atoms with Crippen LogP contribution in [0, 0.1) is 27.9 Å². The lowest BCUT2D eigenvalue weighted by Crippen LogP contribution is -2.55. The summed E-state index contributed by atoms with van der Waals surface area (Å²) in [6.07, 6.45) is 7.38. The molecule has 1 heterocycles. The molecule has 4 saturated carbocycles. The molecule has 3 N–H and O–H groups in total. The average Bonchev–Trinajstić information content (AvgIpc) is 2.35. The van der Waals surface area contributed by atoms with E-state index in [1.165, 1.54) is 31.4 Å². The number of nitro groups is 1. The Morgan fingerprint density at radius 2 is 1.76 bits per heavy atom. The van der Waals surface area contributed by atoms with Gasteiger partial charge in [-0.1, -0.05) is 0 Å². The molecular weight excluding hydrogens is 268 g/mol. The predicted octanol–water partition coefficient (Wildman–Crippen LogP) is 2.95. The molecule has 0 aromatic carbocycles. The fourth-order valence-corrected chi connectivity index (χ4v) is 5.22. The number of nitrogens with zero attached hydrogens (tertiary/aromatic N) is 2. The quantitative estimate of drug-likeness (QED) is 0.658. The minimum Gasteiger partial charge on any atom is -0.384 e. The van der Waals surface area contributed by atoms with Gasteiger partial charge >= 0.3 is 5.69 Å². The zero-order valence-corrected chi connectivity index (χ0v) is 11.9. The Bertz CT molecular complexity index is 566. The van der Waals surface area contributed by atoms with E-state index in [2.05, 4.69) is 10.3 Å². The highest BCUT2D eigenvalue weighted by Gasteiger charge is 2.51. The molecular formula is C15H20N4O2. The maximum absolute atomic E-state index is 11.2. The number of rotatable bonds is 3. The Morgan fingerprint density at radius 1 is 1.19 bits per heavy atom. The normalized spacial score (nSPS) is 36.7. The van der Waals surface area contributed by atoms with Crippen LogP contribution in [0.4, 0.5) is 17.3 Å². The van der Waals surface area contributed by atoms with Crippen molar-refractivity contribution >= 4 is 17.3 Å². The van der Waals surface area contributed by atoms with Crippen LogP contribution in [-0.2, 0) is 0 Å². The van der Waals surface area contributed by atoms with Crippen molar-refractivity contribution in [2.45, 2.75) is 44.1 Å². The third kappa shape index (κ3) is 2.13. The molecule has 0 spiro atoms. The van der Waals surface area contributed by atoms with E-state index in [1.807, 2.05) is 0 Å². The summed E-state index contributed by atoms with van der Waals surface area (Å²) < 4.78 is 0. The highest BCUT2D eigenvalue weighted by atomic mass is 16.6. The molecule has 0 atom stereocenters. The third-order valence-electron chi connectivity index (χ3n) is 5.51. The van der Waals surface area contributed by atoms with Crippen molar-refractivity contribution in [3.05, 3.63) is 22.2 Å². The molecule has 4 fully saturated rings. The monoisotopic (exact) mass is 288 g/mol. The van der Waals surface area contributed by atoms with Crippen molar-refractivity contribution in [1.82, 2.24) is 4.98 Å². The Kier molecular flexibility index (Phi) is 2.65. The van der Waals surface area contributed by atoms with Crippen molar-refractivity contribution in [2.24, 2.45) is 17.8 Å². The summed E-state index contributed by atoms with van der Waals surface area (Å²) in [5.74, 6) is 3.02. The summed E-state index contributed by atoms with van der Waals surface area (Å²) in [6.45, 7) is 0. The molecule has 4 aliphatic carbocycles. The lowest BCUT2D eigenvalue weighted by molar-refractivity contribution is -0.384. The largest absolute Gasteiger partial charge is 0.384 e. The first-order valence-corrected chi connectivity index (χ1v) is 7.72. The fraction of sp³-hybridized carbons (Fsp3) is 0.667. The van der Waals surface area contributed by atoms with Gasteiger partial charge in [0.05, 0.1) is 4.92 Å². The summed E-state index contributed by atoms with van der Waals surface area (Å²) in [4.78, 5) is 15.0. The van der Waals surface area contributed by atoms with Crippen LogP contribution in [-0.4, -0.2) is 15.4 Å². The third-order valence-corrected chi connectivity index (χ3v) is 5.51. The molecule has 6 heteroatoms. The van der Waals surface area contributed by atoms with Crippen LogP contribution >= 0.6 is 0 Å². The van der Waals surface area contributed by atoms with Gasteiger partial charge in [0.1, 0.15) is 5.82 Å². The van der Waals surface area contributed by atoms with E-state index in [4.69, 9.17) is 5.73 Å². The second-order valence-corrected chi connectivity index (χ2v) is 7.18. The van der Waals surface area contributed by atoms with Crippen LogP contribution in [0.25, 0.3) is 0 Å². The van der Waals surface area contributed by atoms with Gasteiger partial charge in [-0.05, 0) is 62.3 Å². The Balaban J connectivity index is 1.67. The van der Waals surface area contributed by atoms with E-state index in [9.17, 15) is 10.1 Å². The van der Waals surface area contributed by atoms with Crippen LogP contribution in [0.3, 0.4) is 0 Å². The number of nitrogens with one attached hydrogen (secondary N) is 1. The summed E-state index contributed by atoms with van der Waals surface area (Å²) in [6, 6.07) is 2.94. The van der Waals surface area contributed by atoms with E-state index < -0.39 is 0 Å². The standard InChI is InChI=1S/C15H20N4O2/c16-13-2-1-12(19(20)21)14(17-13)18-15-6-9-3-10(7-15)5-11(4-9)8-15/h1-2,9-11H,3-8H2,(H3,16,17,18). The number of nitrogens with two attached hydrogens (primary N) is 1. The van der Waals surface area contributed by atoms with Gasteiger partial charge in [-0.2, -0.15) is 0 Å². The zero-order valence-electron chi connectivity index (χ0n) is 11.9.